The topological polar surface area (TPSA) is 137 Å². The molecule has 0 amide bonds. The fourth-order valence-electron chi connectivity index (χ4n) is 0.821. The Hall–Kier alpha value is -1.75. The molecule has 0 aromatic rings. The Morgan fingerprint density at radius 1 is 1.42 bits per heavy atom. The van der Waals surface area contributed by atoms with Gasteiger partial charge in [-0.3, -0.25) is 9.63 Å². The zero-order valence-electron chi connectivity index (χ0n) is 10.0. The summed E-state index contributed by atoms with van der Waals surface area (Å²) < 4.78 is 24.4. The van der Waals surface area contributed by atoms with Crippen molar-refractivity contribution in [3.63, 3.8) is 0 Å². The van der Waals surface area contributed by atoms with E-state index < -0.39 is 28.7 Å². The molecule has 0 aromatic heterocycles. The van der Waals surface area contributed by atoms with E-state index in [2.05, 4.69) is 19.0 Å². The number of rotatable bonds is 10. The van der Waals surface area contributed by atoms with E-state index in [9.17, 15) is 24.3 Å². The third-order valence-electron chi connectivity index (χ3n) is 1.52. The number of carbonyl (C=O) groups is 2. The minimum atomic E-state index is -1.39. The molecule has 11 heteroatoms. The van der Waals surface area contributed by atoms with Crippen LogP contribution in [0, 0.1) is 10.1 Å². The fourth-order valence-corrected chi connectivity index (χ4v) is 1.58. The summed E-state index contributed by atoms with van der Waals surface area (Å²) in [6.45, 7) is 1.19. The fraction of sp³-hybridized carbons (Fsp3) is 0.750. The Morgan fingerprint density at radius 2 is 2.05 bits per heavy atom. The maximum absolute atomic E-state index is 11.2. The van der Waals surface area contributed by atoms with Gasteiger partial charge in [0.2, 0.25) is 6.29 Å². The van der Waals surface area contributed by atoms with Crippen LogP contribution in [0.3, 0.4) is 0 Å². The molecule has 0 N–H and O–H groups in total. The van der Waals surface area contributed by atoms with E-state index in [1.54, 1.807) is 0 Å². The highest BCUT2D eigenvalue weighted by Gasteiger charge is 2.15. The van der Waals surface area contributed by atoms with Crippen LogP contribution in [-0.2, 0) is 35.0 Å². The summed E-state index contributed by atoms with van der Waals surface area (Å²) in [5, 5.41) is 8.78. The minimum absolute atomic E-state index is 0.00820. The average molecular weight is 299 g/mol. The number of carbonyl (C=O) groups excluding carboxylic acids is 2. The molecule has 19 heavy (non-hydrogen) atoms. The van der Waals surface area contributed by atoms with Gasteiger partial charge in [-0.2, -0.15) is 0 Å². The van der Waals surface area contributed by atoms with Crippen molar-refractivity contribution in [1.29, 1.82) is 0 Å². The zero-order valence-corrected chi connectivity index (χ0v) is 10.8. The summed E-state index contributed by atoms with van der Waals surface area (Å²) in [6.07, 6.45) is -2.57. The molecule has 10 nitrogen and oxygen atoms in total. The highest BCUT2D eigenvalue weighted by molar-refractivity contribution is 7.91. The smallest absolute Gasteiger partial charge is 0.510 e. The molecule has 0 rings (SSSR count). The van der Waals surface area contributed by atoms with Crippen molar-refractivity contribution in [1.82, 2.24) is 0 Å². The average Bonchev–Trinajstić information content (AvgIpc) is 2.27. The molecule has 2 atom stereocenters. The molecule has 0 saturated heterocycles. The quantitative estimate of drug-likeness (QED) is 0.100. The second kappa shape index (κ2) is 10.2. The van der Waals surface area contributed by atoms with E-state index in [1.807, 2.05) is 0 Å². The van der Waals surface area contributed by atoms with Crippen LogP contribution >= 0.6 is 0 Å². The van der Waals surface area contributed by atoms with Crippen molar-refractivity contribution in [2.45, 2.75) is 13.2 Å². The highest BCUT2D eigenvalue weighted by atomic mass is 32.2. The van der Waals surface area contributed by atoms with Crippen LogP contribution < -0.4 is 0 Å². The lowest BCUT2D eigenvalue weighted by molar-refractivity contribution is -0.777. The molecule has 0 heterocycles. The van der Waals surface area contributed by atoms with Gasteiger partial charge >= 0.3 is 6.16 Å². The van der Waals surface area contributed by atoms with Crippen molar-refractivity contribution < 1.29 is 38.3 Å². The minimum Gasteiger partial charge on any atom is -0.616 e. The molecule has 0 fully saturated rings. The molecule has 0 aromatic carbocycles. The Kier molecular flexibility index (Phi) is 9.26. The summed E-state index contributed by atoms with van der Waals surface area (Å²) in [6, 6.07) is 0. The highest BCUT2D eigenvalue weighted by Crippen LogP contribution is 1.98. The molecule has 0 saturated carbocycles. The van der Waals surface area contributed by atoms with Crippen LogP contribution in [0.15, 0.2) is 0 Å². The van der Waals surface area contributed by atoms with Crippen LogP contribution in [0.5, 0.6) is 0 Å². The summed E-state index contributed by atoms with van der Waals surface area (Å²) in [5.41, 5.74) is 0. The van der Waals surface area contributed by atoms with Crippen LogP contribution in [-0.4, -0.2) is 53.3 Å². The van der Waals surface area contributed by atoms with Gasteiger partial charge in [-0.15, -0.1) is 10.1 Å². The molecular formula is C8H13NO9S. The van der Waals surface area contributed by atoms with E-state index >= 15 is 0 Å². The van der Waals surface area contributed by atoms with Gasteiger partial charge in [0.05, 0.1) is 0 Å². The summed E-state index contributed by atoms with van der Waals surface area (Å²) in [5.74, 6) is 0.153. The Labute approximate surface area is 111 Å². The zero-order chi connectivity index (χ0) is 14.7. The third kappa shape index (κ3) is 11.1. The van der Waals surface area contributed by atoms with Crippen LogP contribution in [0.4, 0.5) is 4.79 Å². The Balaban J connectivity index is 3.62. The monoisotopic (exact) mass is 299 g/mol. The molecular weight excluding hydrogens is 286 g/mol. The van der Waals surface area contributed by atoms with Gasteiger partial charge in [-0.25, -0.2) is 4.79 Å². The summed E-state index contributed by atoms with van der Waals surface area (Å²) in [4.78, 5) is 34.6. The molecule has 0 aliphatic heterocycles. The molecule has 0 aliphatic carbocycles. The standard InChI is InChI=1S/C8H13NO9S/c1-7(18-9(12)13)17-8(11)16-3-5-19(14)4-2-15-6-10/h6-7H,2-5H2,1H3. The number of hydrogen-bond acceptors (Lipinski definition) is 9. The van der Waals surface area contributed by atoms with E-state index in [4.69, 9.17) is 0 Å². The maximum Gasteiger partial charge on any atom is 0.510 e. The second-order valence-corrected chi connectivity index (χ2v) is 4.62. The van der Waals surface area contributed by atoms with Gasteiger partial charge in [-0.05, 0) is 18.1 Å². The second-order valence-electron chi connectivity index (χ2n) is 2.93. The van der Waals surface area contributed by atoms with Gasteiger partial charge in [-0.1, -0.05) is 0 Å². The molecule has 2 unspecified atom stereocenters. The predicted octanol–water partition coefficient (Wildman–Crippen LogP) is -0.384. The molecule has 0 bridgehead atoms. The normalized spacial score (nSPS) is 12.9. The van der Waals surface area contributed by atoms with Crippen LogP contribution in [0.2, 0.25) is 0 Å². The first-order valence-electron chi connectivity index (χ1n) is 5.00. The maximum atomic E-state index is 11.2. The van der Waals surface area contributed by atoms with Crippen molar-refractivity contribution >= 4 is 23.8 Å². The van der Waals surface area contributed by atoms with Gasteiger partial charge in [0, 0.05) is 0 Å². The largest absolute Gasteiger partial charge is 0.616 e. The Bertz CT molecular complexity index is 300. The van der Waals surface area contributed by atoms with Crippen LogP contribution in [0.25, 0.3) is 0 Å². The van der Waals surface area contributed by atoms with E-state index in [1.165, 1.54) is 0 Å². The van der Waals surface area contributed by atoms with Crippen molar-refractivity contribution in [3.05, 3.63) is 10.1 Å². The molecule has 0 spiro atoms. The first-order valence-corrected chi connectivity index (χ1v) is 6.49. The lowest BCUT2D eigenvalue weighted by atomic mass is 10.8. The van der Waals surface area contributed by atoms with Gasteiger partial charge < -0.3 is 18.8 Å². The van der Waals surface area contributed by atoms with Gasteiger partial charge in [0.25, 0.3) is 11.6 Å². The van der Waals surface area contributed by atoms with E-state index in [0.717, 1.165) is 6.92 Å². The molecule has 0 radical (unpaired) electrons. The van der Waals surface area contributed by atoms with Crippen molar-refractivity contribution in [2.75, 3.05) is 24.7 Å². The third-order valence-corrected chi connectivity index (χ3v) is 2.77. The SMILES string of the molecule is CC(OC(=O)OCC[S+]([O-])CCOC=O)O[N+](=O)[O-]. The van der Waals surface area contributed by atoms with Crippen LogP contribution in [0.1, 0.15) is 6.92 Å². The van der Waals surface area contributed by atoms with Crippen molar-refractivity contribution in [3.8, 4) is 0 Å². The Morgan fingerprint density at radius 3 is 2.63 bits per heavy atom. The van der Waals surface area contributed by atoms with Crippen molar-refractivity contribution in [2.24, 2.45) is 0 Å². The summed E-state index contributed by atoms with van der Waals surface area (Å²) >= 11 is -1.32. The summed E-state index contributed by atoms with van der Waals surface area (Å²) in [7, 11) is 0. The number of hydrogen-bond donors (Lipinski definition) is 0. The van der Waals surface area contributed by atoms with Gasteiger partial charge in [0.15, 0.2) is 0 Å². The lowest BCUT2D eigenvalue weighted by Crippen LogP contribution is -2.24. The van der Waals surface area contributed by atoms with Gasteiger partial charge in [0.1, 0.15) is 24.7 Å². The number of nitrogens with zero attached hydrogens (tertiary/aromatic N) is 1. The first kappa shape index (κ1) is 17.2. The predicted molar refractivity (Wildman–Crippen MR) is 59.9 cm³/mol. The number of ether oxygens (including phenoxy) is 3. The van der Waals surface area contributed by atoms with E-state index in [-0.39, 0.29) is 31.2 Å². The van der Waals surface area contributed by atoms with E-state index in [0.29, 0.717) is 0 Å². The molecule has 0 aliphatic rings. The first-order chi connectivity index (χ1) is 8.95. The molecule has 110 valence electrons. The lowest BCUT2D eigenvalue weighted by Gasteiger charge is -2.12.